The third kappa shape index (κ3) is 6.14. The SMILES string of the molecule is CC(C)(C)c1cc(-c2cc([Si](C)(C)C)cc(Oc3cccc(-c4[c-]cccc4)n3)n2)[c-]c2ccccc12.[Pt+2]. The fourth-order valence-corrected chi connectivity index (χ4v) is 5.52. The number of benzene rings is 3. The summed E-state index contributed by atoms with van der Waals surface area (Å²) in [4.78, 5) is 9.70. The Bertz CT molecular complexity index is 1570. The van der Waals surface area contributed by atoms with Crippen LogP contribution in [0.1, 0.15) is 26.3 Å². The van der Waals surface area contributed by atoms with Crippen molar-refractivity contribution in [2.75, 3.05) is 0 Å². The molecule has 0 unspecified atom stereocenters. The van der Waals surface area contributed by atoms with E-state index in [1.807, 2.05) is 42.5 Å². The maximum atomic E-state index is 6.30. The molecule has 0 aliphatic carbocycles. The van der Waals surface area contributed by atoms with Gasteiger partial charge in [-0.1, -0.05) is 92.9 Å². The minimum Gasteiger partial charge on any atom is -0.422 e. The molecule has 2 aromatic heterocycles. The first-order chi connectivity index (χ1) is 17.6. The summed E-state index contributed by atoms with van der Waals surface area (Å²) in [5.74, 6) is 1.06. The summed E-state index contributed by atoms with van der Waals surface area (Å²) in [7, 11) is -1.67. The maximum Gasteiger partial charge on any atom is 2.00 e. The average Bonchev–Trinajstić information content (AvgIpc) is 2.87. The monoisotopic (exact) mass is 695 g/mol. The van der Waals surface area contributed by atoms with Crippen LogP contribution >= 0.6 is 0 Å². The van der Waals surface area contributed by atoms with E-state index in [1.54, 1.807) is 0 Å². The van der Waals surface area contributed by atoms with Crippen molar-refractivity contribution in [1.29, 1.82) is 0 Å². The molecule has 5 heteroatoms. The Morgan fingerprint density at radius 2 is 1.47 bits per heavy atom. The number of fused-ring (bicyclic) bond motifs is 1. The molecule has 5 aromatic rings. The van der Waals surface area contributed by atoms with Gasteiger partial charge in [0.2, 0.25) is 11.8 Å². The largest absolute Gasteiger partial charge is 2.00 e. The molecule has 0 saturated carbocycles. The van der Waals surface area contributed by atoms with Gasteiger partial charge in [0.05, 0.1) is 8.07 Å². The molecule has 38 heavy (non-hydrogen) atoms. The quantitative estimate of drug-likeness (QED) is 0.137. The number of pyridine rings is 2. The van der Waals surface area contributed by atoms with Gasteiger partial charge < -0.3 is 4.74 Å². The zero-order chi connectivity index (χ0) is 26.2. The van der Waals surface area contributed by atoms with Crippen LogP contribution in [-0.4, -0.2) is 18.0 Å². The van der Waals surface area contributed by atoms with E-state index < -0.39 is 8.07 Å². The molecule has 0 radical (unpaired) electrons. The van der Waals surface area contributed by atoms with Crippen molar-refractivity contribution in [3.05, 3.63) is 103 Å². The minimum atomic E-state index is -1.67. The van der Waals surface area contributed by atoms with Gasteiger partial charge in [-0.2, -0.15) is 0 Å². The van der Waals surface area contributed by atoms with Gasteiger partial charge >= 0.3 is 21.1 Å². The molecule has 0 aliphatic rings. The van der Waals surface area contributed by atoms with E-state index in [0.29, 0.717) is 11.8 Å². The number of hydrogen-bond donors (Lipinski definition) is 0. The van der Waals surface area contributed by atoms with Gasteiger partial charge in [-0.15, -0.1) is 65.0 Å². The van der Waals surface area contributed by atoms with E-state index in [-0.39, 0.29) is 26.5 Å². The number of ether oxygens (including phenoxy) is 1. The number of rotatable bonds is 5. The molecular weight excluding hydrogens is 664 g/mol. The molecule has 0 spiro atoms. The number of nitrogens with zero attached hydrogens (tertiary/aromatic N) is 2. The van der Waals surface area contributed by atoms with Gasteiger partial charge in [-0.25, -0.2) is 0 Å². The Hall–Kier alpha value is -3.07. The van der Waals surface area contributed by atoms with E-state index in [0.717, 1.165) is 27.9 Å². The van der Waals surface area contributed by atoms with Gasteiger partial charge in [0, 0.05) is 5.69 Å². The molecule has 194 valence electrons. The van der Waals surface area contributed by atoms with Crippen LogP contribution in [0.15, 0.2) is 84.9 Å². The summed E-state index contributed by atoms with van der Waals surface area (Å²) in [6.07, 6.45) is 0. The Morgan fingerprint density at radius 3 is 2.18 bits per heavy atom. The fourth-order valence-electron chi connectivity index (χ4n) is 4.40. The third-order valence-electron chi connectivity index (χ3n) is 6.44. The van der Waals surface area contributed by atoms with Gasteiger partial charge in [0.1, 0.15) is 0 Å². The Morgan fingerprint density at radius 1 is 0.737 bits per heavy atom. The summed E-state index contributed by atoms with van der Waals surface area (Å²) >= 11 is 0. The van der Waals surface area contributed by atoms with Crippen LogP contribution in [0.3, 0.4) is 0 Å². The zero-order valence-corrected chi connectivity index (χ0v) is 26.0. The second kappa shape index (κ2) is 11.0. The van der Waals surface area contributed by atoms with Crippen LogP contribution in [-0.2, 0) is 26.5 Å². The van der Waals surface area contributed by atoms with E-state index in [9.17, 15) is 0 Å². The topological polar surface area (TPSA) is 35.0 Å². The summed E-state index contributed by atoms with van der Waals surface area (Å²) < 4.78 is 6.30. The van der Waals surface area contributed by atoms with Crippen LogP contribution < -0.4 is 9.92 Å². The van der Waals surface area contributed by atoms with Gasteiger partial charge in [0.15, 0.2) is 0 Å². The smallest absolute Gasteiger partial charge is 0.422 e. The Kier molecular flexibility index (Phi) is 8.06. The van der Waals surface area contributed by atoms with Gasteiger partial charge in [-0.05, 0) is 23.2 Å². The molecule has 2 heterocycles. The van der Waals surface area contributed by atoms with E-state index in [4.69, 9.17) is 14.7 Å². The molecule has 0 bridgehead atoms. The second-order valence-corrected chi connectivity index (χ2v) is 16.5. The first-order valence-corrected chi connectivity index (χ1v) is 16.2. The van der Waals surface area contributed by atoms with Crippen molar-refractivity contribution in [2.45, 2.75) is 45.8 Å². The molecule has 0 aliphatic heterocycles. The predicted octanol–water partition coefficient (Wildman–Crippen LogP) is 8.20. The maximum absolute atomic E-state index is 6.30. The number of aromatic nitrogens is 2. The Labute approximate surface area is 241 Å². The zero-order valence-electron chi connectivity index (χ0n) is 22.7. The van der Waals surface area contributed by atoms with Crippen LogP contribution in [0.5, 0.6) is 11.8 Å². The van der Waals surface area contributed by atoms with Crippen molar-refractivity contribution in [3.63, 3.8) is 0 Å². The molecule has 0 amide bonds. The van der Waals surface area contributed by atoms with E-state index in [2.05, 4.69) is 95.0 Å². The first-order valence-electron chi connectivity index (χ1n) is 12.7. The molecule has 0 N–H and O–H groups in total. The van der Waals surface area contributed by atoms with Crippen molar-refractivity contribution >= 4 is 24.0 Å². The second-order valence-electron chi connectivity index (χ2n) is 11.5. The van der Waals surface area contributed by atoms with Gasteiger partial charge in [0.25, 0.3) is 0 Å². The van der Waals surface area contributed by atoms with Crippen molar-refractivity contribution in [3.8, 4) is 34.3 Å². The molecule has 5 rings (SSSR count). The van der Waals surface area contributed by atoms with Crippen molar-refractivity contribution in [1.82, 2.24) is 9.97 Å². The standard InChI is InChI=1S/C33H32N2OSi.Pt/c1-33(2,3)28-20-25(19-24-15-10-11-16-27(24)28)30-21-26(37(4,5)6)22-32(35-30)36-31-18-12-17-29(34-31)23-13-8-7-9-14-23;/h7-13,15-18,20-22H,1-6H3;/q-2;+2. The van der Waals surface area contributed by atoms with E-state index >= 15 is 0 Å². The molecule has 0 saturated heterocycles. The van der Waals surface area contributed by atoms with Crippen LogP contribution in [0.25, 0.3) is 33.3 Å². The average molecular weight is 696 g/mol. The number of hydrogen-bond acceptors (Lipinski definition) is 3. The summed E-state index contributed by atoms with van der Waals surface area (Å²) in [5, 5.41) is 3.61. The third-order valence-corrected chi connectivity index (χ3v) is 8.47. The van der Waals surface area contributed by atoms with Crippen LogP contribution in [0.4, 0.5) is 0 Å². The first kappa shape index (κ1) is 27.9. The van der Waals surface area contributed by atoms with Crippen LogP contribution in [0, 0.1) is 12.1 Å². The molecule has 0 fully saturated rings. The molecule has 3 aromatic carbocycles. The fraction of sp³-hybridized carbons (Fsp3) is 0.212. The van der Waals surface area contributed by atoms with E-state index in [1.165, 1.54) is 16.1 Å². The molecular formula is C33H32N2OPtSi. The predicted molar refractivity (Wildman–Crippen MR) is 156 cm³/mol. The van der Waals surface area contributed by atoms with Crippen LogP contribution in [0.2, 0.25) is 19.6 Å². The molecule has 3 nitrogen and oxygen atoms in total. The molecule has 0 atom stereocenters. The normalized spacial score (nSPS) is 11.7. The summed E-state index contributed by atoms with van der Waals surface area (Å²) in [6.45, 7) is 13.8. The summed E-state index contributed by atoms with van der Waals surface area (Å²) in [5.41, 5.74) is 4.87. The minimum absolute atomic E-state index is 0. The summed E-state index contributed by atoms with van der Waals surface area (Å²) in [6, 6.07) is 35.5. The van der Waals surface area contributed by atoms with Gasteiger partial charge in [-0.3, -0.25) is 9.97 Å². The van der Waals surface area contributed by atoms with Crippen molar-refractivity contribution < 1.29 is 25.8 Å². The Balaban J connectivity index is 0.00000336. The van der Waals surface area contributed by atoms with Crippen molar-refractivity contribution in [2.24, 2.45) is 0 Å².